The third-order valence-corrected chi connectivity index (χ3v) is 4.83. The molecule has 1 aromatic heterocycles. The van der Waals surface area contributed by atoms with E-state index in [1.165, 1.54) is 11.8 Å². The molecule has 1 heterocycles. The lowest BCUT2D eigenvalue weighted by molar-refractivity contribution is 0.0743. The first-order valence-electron chi connectivity index (χ1n) is 7.31. The van der Waals surface area contributed by atoms with Crippen LogP contribution < -0.4 is 0 Å². The molecular weight excluding hydrogens is 262 g/mol. The van der Waals surface area contributed by atoms with Crippen molar-refractivity contribution in [3.63, 3.8) is 0 Å². The average molecular weight is 283 g/mol. The van der Waals surface area contributed by atoms with Gasteiger partial charge in [0.2, 0.25) is 0 Å². The highest BCUT2D eigenvalue weighted by molar-refractivity contribution is 5.91. The van der Waals surface area contributed by atoms with E-state index in [0.717, 1.165) is 6.42 Å². The molecular formula is C18H21NO2. The van der Waals surface area contributed by atoms with Crippen molar-refractivity contribution in [2.24, 2.45) is 5.41 Å². The zero-order valence-corrected chi connectivity index (χ0v) is 12.8. The van der Waals surface area contributed by atoms with Gasteiger partial charge in [-0.25, -0.2) is 0 Å². The molecule has 1 aromatic carbocycles. The second kappa shape index (κ2) is 4.76. The van der Waals surface area contributed by atoms with Crippen molar-refractivity contribution in [3.05, 3.63) is 60.1 Å². The normalized spacial score (nSPS) is 22.8. The van der Waals surface area contributed by atoms with Crippen LogP contribution in [0.4, 0.5) is 0 Å². The quantitative estimate of drug-likeness (QED) is 0.857. The maximum Gasteiger partial charge on any atom is 0.289 e. The molecule has 1 aliphatic carbocycles. The molecule has 3 heteroatoms. The third kappa shape index (κ3) is 2.27. The number of carbonyl (C=O) groups is 1. The fourth-order valence-corrected chi connectivity index (χ4v) is 3.39. The van der Waals surface area contributed by atoms with Crippen LogP contribution in [0.25, 0.3) is 0 Å². The Hall–Kier alpha value is -2.03. The molecule has 3 rings (SSSR count). The van der Waals surface area contributed by atoms with Gasteiger partial charge in [0.25, 0.3) is 5.91 Å². The van der Waals surface area contributed by atoms with Crippen LogP contribution in [0.5, 0.6) is 0 Å². The molecule has 0 spiro atoms. The number of furan rings is 1. The van der Waals surface area contributed by atoms with Crippen molar-refractivity contribution in [1.82, 2.24) is 4.90 Å². The standard InChI is InChI=1S/C18H21NO2/c1-17(2)12-18(17,14-8-5-4-6-9-14)13-19(3)16(20)15-10-7-11-21-15/h4-11H,12-13H2,1-3H3/t18-/m1/s1. The summed E-state index contributed by atoms with van der Waals surface area (Å²) in [6.07, 6.45) is 2.63. The summed E-state index contributed by atoms with van der Waals surface area (Å²) < 4.78 is 5.22. The number of carbonyl (C=O) groups excluding carboxylic acids is 1. The Morgan fingerprint density at radius 3 is 2.38 bits per heavy atom. The molecule has 1 atom stereocenters. The molecule has 0 saturated heterocycles. The van der Waals surface area contributed by atoms with Crippen LogP contribution in [0, 0.1) is 5.41 Å². The Morgan fingerprint density at radius 2 is 1.86 bits per heavy atom. The summed E-state index contributed by atoms with van der Waals surface area (Å²) in [5.74, 6) is 0.345. The zero-order valence-electron chi connectivity index (χ0n) is 12.8. The molecule has 3 nitrogen and oxygen atoms in total. The van der Waals surface area contributed by atoms with Gasteiger partial charge in [-0.2, -0.15) is 0 Å². The van der Waals surface area contributed by atoms with E-state index in [1.54, 1.807) is 17.0 Å². The van der Waals surface area contributed by atoms with Crippen LogP contribution in [0.2, 0.25) is 0 Å². The second-order valence-electron chi connectivity index (χ2n) is 6.65. The Bertz CT molecular complexity index is 631. The van der Waals surface area contributed by atoms with Gasteiger partial charge in [0.1, 0.15) is 0 Å². The van der Waals surface area contributed by atoms with Crippen LogP contribution in [-0.2, 0) is 5.41 Å². The van der Waals surface area contributed by atoms with Crippen LogP contribution in [0.15, 0.2) is 53.1 Å². The Balaban J connectivity index is 1.83. The lowest BCUT2D eigenvalue weighted by Gasteiger charge is -2.27. The monoisotopic (exact) mass is 283 g/mol. The van der Waals surface area contributed by atoms with E-state index >= 15 is 0 Å². The second-order valence-corrected chi connectivity index (χ2v) is 6.65. The molecule has 1 fully saturated rings. The van der Waals surface area contributed by atoms with E-state index in [2.05, 4.69) is 38.1 Å². The summed E-state index contributed by atoms with van der Waals surface area (Å²) in [4.78, 5) is 14.2. The lowest BCUT2D eigenvalue weighted by Crippen LogP contribution is -2.36. The minimum absolute atomic E-state index is 0.0469. The molecule has 21 heavy (non-hydrogen) atoms. The minimum atomic E-state index is -0.0574. The highest BCUT2D eigenvalue weighted by Gasteiger charge is 2.62. The van der Waals surface area contributed by atoms with Crippen LogP contribution in [-0.4, -0.2) is 24.4 Å². The van der Waals surface area contributed by atoms with Crippen molar-refractivity contribution < 1.29 is 9.21 Å². The van der Waals surface area contributed by atoms with E-state index in [-0.39, 0.29) is 16.7 Å². The maximum absolute atomic E-state index is 12.4. The van der Waals surface area contributed by atoms with Gasteiger partial charge >= 0.3 is 0 Å². The molecule has 0 bridgehead atoms. The number of benzene rings is 1. The molecule has 0 unspecified atom stereocenters. The number of amides is 1. The van der Waals surface area contributed by atoms with Gasteiger partial charge < -0.3 is 9.32 Å². The Kier molecular flexibility index (Phi) is 3.16. The number of hydrogen-bond donors (Lipinski definition) is 0. The first-order valence-corrected chi connectivity index (χ1v) is 7.31. The van der Waals surface area contributed by atoms with Crippen LogP contribution in [0.1, 0.15) is 36.4 Å². The fourth-order valence-electron chi connectivity index (χ4n) is 3.39. The lowest BCUT2D eigenvalue weighted by atomic mass is 9.87. The van der Waals surface area contributed by atoms with Crippen molar-refractivity contribution in [2.75, 3.05) is 13.6 Å². The number of rotatable bonds is 4. The summed E-state index contributed by atoms with van der Waals surface area (Å²) in [6, 6.07) is 14.0. The van der Waals surface area contributed by atoms with E-state index in [1.807, 2.05) is 13.1 Å². The third-order valence-electron chi connectivity index (χ3n) is 4.83. The first-order chi connectivity index (χ1) is 9.96. The molecule has 0 aliphatic heterocycles. The average Bonchev–Trinajstić information content (AvgIpc) is 2.86. The van der Waals surface area contributed by atoms with Gasteiger partial charge in [-0.1, -0.05) is 44.2 Å². The fraction of sp³-hybridized carbons (Fsp3) is 0.389. The molecule has 1 amide bonds. The van der Waals surface area contributed by atoms with E-state index < -0.39 is 0 Å². The number of hydrogen-bond acceptors (Lipinski definition) is 2. The molecule has 0 N–H and O–H groups in total. The highest BCUT2D eigenvalue weighted by atomic mass is 16.3. The van der Waals surface area contributed by atoms with Gasteiger partial charge in [-0.3, -0.25) is 4.79 Å². The Morgan fingerprint density at radius 1 is 1.19 bits per heavy atom. The van der Waals surface area contributed by atoms with Crippen molar-refractivity contribution in [3.8, 4) is 0 Å². The predicted octanol–water partition coefficient (Wildman–Crippen LogP) is 3.72. The topological polar surface area (TPSA) is 33.5 Å². The Labute approximate surface area is 125 Å². The largest absolute Gasteiger partial charge is 0.459 e. The van der Waals surface area contributed by atoms with Gasteiger partial charge in [-0.15, -0.1) is 0 Å². The van der Waals surface area contributed by atoms with E-state index in [9.17, 15) is 4.79 Å². The van der Waals surface area contributed by atoms with Gasteiger partial charge in [0.15, 0.2) is 5.76 Å². The molecule has 2 aromatic rings. The summed E-state index contributed by atoms with van der Waals surface area (Å²) in [5, 5.41) is 0. The van der Waals surface area contributed by atoms with E-state index in [4.69, 9.17) is 4.42 Å². The molecule has 110 valence electrons. The summed E-state index contributed by atoms with van der Waals surface area (Å²) >= 11 is 0. The maximum atomic E-state index is 12.4. The highest BCUT2D eigenvalue weighted by Crippen LogP contribution is 2.64. The van der Waals surface area contributed by atoms with Gasteiger partial charge in [0, 0.05) is 19.0 Å². The van der Waals surface area contributed by atoms with Gasteiger partial charge in [-0.05, 0) is 29.5 Å². The summed E-state index contributed by atoms with van der Waals surface area (Å²) in [6.45, 7) is 5.25. The summed E-state index contributed by atoms with van der Waals surface area (Å²) in [5.41, 5.74) is 1.58. The van der Waals surface area contributed by atoms with Crippen molar-refractivity contribution in [2.45, 2.75) is 25.7 Å². The van der Waals surface area contributed by atoms with Crippen LogP contribution in [0.3, 0.4) is 0 Å². The predicted molar refractivity (Wildman–Crippen MR) is 82.2 cm³/mol. The van der Waals surface area contributed by atoms with E-state index in [0.29, 0.717) is 12.3 Å². The van der Waals surface area contributed by atoms with Crippen molar-refractivity contribution >= 4 is 5.91 Å². The molecule has 1 aliphatic rings. The number of nitrogens with zero attached hydrogens (tertiary/aromatic N) is 1. The van der Waals surface area contributed by atoms with Gasteiger partial charge in [0.05, 0.1) is 6.26 Å². The first kappa shape index (κ1) is 13.9. The molecule has 1 saturated carbocycles. The zero-order chi connectivity index (χ0) is 15.1. The van der Waals surface area contributed by atoms with Crippen molar-refractivity contribution in [1.29, 1.82) is 0 Å². The smallest absolute Gasteiger partial charge is 0.289 e. The SMILES string of the molecule is CN(C[C@@]1(c2ccccc2)CC1(C)C)C(=O)c1ccco1. The summed E-state index contributed by atoms with van der Waals surface area (Å²) in [7, 11) is 1.85. The number of likely N-dealkylation sites (N-methyl/N-ethyl adjacent to an activating group) is 1. The minimum Gasteiger partial charge on any atom is -0.459 e. The molecule has 0 radical (unpaired) electrons. The van der Waals surface area contributed by atoms with Crippen LogP contribution >= 0.6 is 0 Å².